The fourth-order valence-electron chi connectivity index (χ4n) is 3.02. The molecule has 0 saturated carbocycles. The van der Waals surface area contributed by atoms with Gasteiger partial charge in [0.25, 0.3) is 0 Å². The Labute approximate surface area is 128 Å². The van der Waals surface area contributed by atoms with Gasteiger partial charge in [0, 0.05) is 17.3 Å². The topological polar surface area (TPSA) is 72.2 Å². The minimum Gasteiger partial charge on any atom is -0.481 e. The Morgan fingerprint density at radius 1 is 1.33 bits per heavy atom. The van der Waals surface area contributed by atoms with Crippen LogP contribution in [-0.4, -0.2) is 32.1 Å². The molecule has 0 spiro atoms. The Morgan fingerprint density at radius 2 is 2.00 bits per heavy atom. The smallest absolute Gasteiger partial charge is 0.348 e. The van der Waals surface area contributed by atoms with Gasteiger partial charge >= 0.3 is 11.7 Å². The van der Waals surface area contributed by atoms with Gasteiger partial charge in [0.15, 0.2) is 0 Å². The zero-order valence-electron chi connectivity index (χ0n) is 12.6. The van der Waals surface area contributed by atoms with Crippen LogP contribution < -0.4 is 5.69 Å². The van der Waals surface area contributed by atoms with Crippen molar-refractivity contribution in [3.05, 3.63) is 27.4 Å². The molecule has 1 aliphatic heterocycles. The largest absolute Gasteiger partial charge is 0.481 e. The number of hydrogen-bond acceptors (Lipinski definition) is 4. The first-order valence-corrected chi connectivity index (χ1v) is 8.66. The van der Waals surface area contributed by atoms with Gasteiger partial charge in [-0.05, 0) is 37.2 Å². The van der Waals surface area contributed by atoms with Crippen LogP contribution in [0.5, 0.6) is 0 Å². The summed E-state index contributed by atoms with van der Waals surface area (Å²) in [6.45, 7) is 3.89. The first-order chi connectivity index (χ1) is 10.1. The highest BCUT2D eigenvalue weighted by Crippen LogP contribution is 2.28. The summed E-state index contributed by atoms with van der Waals surface area (Å²) in [7, 11) is 0. The lowest BCUT2D eigenvalue weighted by Gasteiger charge is -2.27. The molecule has 116 valence electrons. The Kier molecular flexibility index (Phi) is 5.45. The van der Waals surface area contributed by atoms with Crippen LogP contribution in [0.4, 0.5) is 0 Å². The molecule has 1 aromatic rings. The molecule has 2 rings (SSSR count). The number of nitrogens with zero attached hydrogens (tertiary/aromatic N) is 2. The number of hydrogen-bond donors (Lipinski definition) is 1. The average molecular weight is 310 g/mol. The lowest BCUT2D eigenvalue weighted by atomic mass is 10.0. The Hall–Kier alpha value is -1.30. The maximum absolute atomic E-state index is 12.4. The molecule has 0 unspecified atom stereocenters. The number of aromatic nitrogens is 2. The molecule has 1 fully saturated rings. The highest BCUT2D eigenvalue weighted by atomic mass is 32.2. The maximum atomic E-state index is 12.4. The standard InChI is InChI=1S/C15H22N2O3S/c1-3-12-11(9-14(18)19)13(4-2)17(15(20)16-12)10-5-7-21-8-6-10/h10H,3-9H2,1-2H3,(H,18,19). The van der Waals surface area contributed by atoms with Gasteiger partial charge in [-0.1, -0.05) is 13.8 Å². The Balaban J connectivity index is 2.57. The summed E-state index contributed by atoms with van der Waals surface area (Å²) in [5.41, 5.74) is 2.03. The molecule has 0 bridgehead atoms. The summed E-state index contributed by atoms with van der Waals surface area (Å²) in [6.07, 6.45) is 3.11. The summed E-state index contributed by atoms with van der Waals surface area (Å²) in [5, 5.41) is 9.16. The van der Waals surface area contributed by atoms with Crippen molar-refractivity contribution in [3.63, 3.8) is 0 Å². The van der Waals surface area contributed by atoms with Crippen molar-refractivity contribution in [1.82, 2.24) is 9.55 Å². The van der Waals surface area contributed by atoms with Crippen molar-refractivity contribution in [2.24, 2.45) is 0 Å². The van der Waals surface area contributed by atoms with E-state index >= 15 is 0 Å². The first-order valence-electron chi connectivity index (χ1n) is 7.51. The number of carboxylic acid groups (broad SMARTS) is 1. The second kappa shape index (κ2) is 7.11. The molecule has 0 radical (unpaired) electrons. The molecule has 1 aromatic heterocycles. The van der Waals surface area contributed by atoms with Gasteiger partial charge in [0.05, 0.1) is 12.1 Å². The van der Waals surface area contributed by atoms with Crippen LogP contribution in [0.25, 0.3) is 0 Å². The average Bonchev–Trinajstić information content (AvgIpc) is 2.48. The number of rotatable bonds is 5. The summed E-state index contributed by atoms with van der Waals surface area (Å²) < 4.78 is 1.77. The zero-order valence-corrected chi connectivity index (χ0v) is 13.4. The molecule has 5 nitrogen and oxygen atoms in total. The van der Waals surface area contributed by atoms with Crippen LogP contribution in [0.2, 0.25) is 0 Å². The molecule has 1 N–H and O–H groups in total. The molecule has 6 heteroatoms. The molecule has 1 aliphatic rings. The van der Waals surface area contributed by atoms with Crippen LogP contribution in [0.15, 0.2) is 4.79 Å². The first kappa shape index (κ1) is 16.1. The summed E-state index contributed by atoms with van der Waals surface area (Å²) >= 11 is 1.91. The van der Waals surface area contributed by atoms with E-state index in [0.717, 1.165) is 35.6 Å². The third-order valence-electron chi connectivity index (χ3n) is 3.98. The van der Waals surface area contributed by atoms with Crippen molar-refractivity contribution in [1.29, 1.82) is 0 Å². The predicted molar refractivity (Wildman–Crippen MR) is 84.2 cm³/mol. The second-order valence-electron chi connectivity index (χ2n) is 5.26. The molecule has 2 heterocycles. The van der Waals surface area contributed by atoms with E-state index in [0.29, 0.717) is 18.5 Å². The van der Waals surface area contributed by atoms with E-state index in [2.05, 4.69) is 4.98 Å². The zero-order chi connectivity index (χ0) is 15.4. The number of aliphatic carboxylic acids is 1. The molecule has 0 atom stereocenters. The van der Waals surface area contributed by atoms with Gasteiger partial charge in [-0.2, -0.15) is 16.7 Å². The predicted octanol–water partition coefficient (Wildman–Crippen LogP) is 2.06. The Morgan fingerprint density at radius 3 is 2.52 bits per heavy atom. The van der Waals surface area contributed by atoms with Crippen LogP contribution in [0, 0.1) is 0 Å². The monoisotopic (exact) mass is 310 g/mol. The van der Waals surface area contributed by atoms with Crippen molar-refractivity contribution in [2.45, 2.75) is 52.0 Å². The van der Waals surface area contributed by atoms with Gasteiger partial charge in [0.1, 0.15) is 0 Å². The molecule has 0 aliphatic carbocycles. The van der Waals surface area contributed by atoms with Gasteiger partial charge in [-0.15, -0.1) is 0 Å². The summed E-state index contributed by atoms with van der Waals surface area (Å²) in [6, 6.07) is 0.166. The normalized spacial score (nSPS) is 16.1. The second-order valence-corrected chi connectivity index (χ2v) is 6.48. The van der Waals surface area contributed by atoms with Gasteiger partial charge in [-0.3, -0.25) is 9.36 Å². The van der Waals surface area contributed by atoms with Crippen LogP contribution in [-0.2, 0) is 24.1 Å². The van der Waals surface area contributed by atoms with E-state index in [4.69, 9.17) is 5.11 Å². The van der Waals surface area contributed by atoms with Crippen LogP contribution in [0.1, 0.15) is 49.7 Å². The van der Waals surface area contributed by atoms with Gasteiger partial charge < -0.3 is 5.11 Å². The van der Waals surface area contributed by atoms with Crippen molar-refractivity contribution < 1.29 is 9.90 Å². The van der Waals surface area contributed by atoms with E-state index in [1.807, 2.05) is 25.6 Å². The molecular weight excluding hydrogens is 288 g/mol. The van der Waals surface area contributed by atoms with Crippen LogP contribution in [0.3, 0.4) is 0 Å². The highest BCUT2D eigenvalue weighted by molar-refractivity contribution is 7.99. The lowest BCUT2D eigenvalue weighted by molar-refractivity contribution is -0.136. The van der Waals surface area contributed by atoms with Crippen molar-refractivity contribution >= 4 is 17.7 Å². The number of carboxylic acids is 1. The summed E-state index contributed by atoms with van der Waals surface area (Å²) in [4.78, 5) is 27.7. The highest BCUT2D eigenvalue weighted by Gasteiger charge is 2.23. The fourth-order valence-corrected chi connectivity index (χ4v) is 4.10. The quantitative estimate of drug-likeness (QED) is 0.901. The van der Waals surface area contributed by atoms with E-state index in [-0.39, 0.29) is 18.2 Å². The minimum atomic E-state index is -0.870. The molecule has 21 heavy (non-hydrogen) atoms. The van der Waals surface area contributed by atoms with Crippen molar-refractivity contribution in [2.75, 3.05) is 11.5 Å². The van der Waals surface area contributed by atoms with Gasteiger partial charge in [0.2, 0.25) is 0 Å². The SMILES string of the molecule is CCc1nc(=O)n(C2CCSCC2)c(CC)c1CC(=O)O. The maximum Gasteiger partial charge on any atom is 0.348 e. The molecule has 1 saturated heterocycles. The lowest BCUT2D eigenvalue weighted by Crippen LogP contribution is -2.34. The number of aryl methyl sites for hydroxylation is 1. The third-order valence-corrected chi connectivity index (χ3v) is 5.03. The Bertz CT molecular complexity index is 577. The molecule has 0 amide bonds. The van der Waals surface area contributed by atoms with Crippen molar-refractivity contribution in [3.8, 4) is 0 Å². The third kappa shape index (κ3) is 3.48. The summed E-state index contributed by atoms with van der Waals surface area (Å²) in [5.74, 6) is 1.22. The molecular formula is C15H22N2O3S. The number of carbonyl (C=O) groups is 1. The van der Waals surface area contributed by atoms with E-state index < -0.39 is 5.97 Å². The van der Waals surface area contributed by atoms with E-state index in [1.54, 1.807) is 4.57 Å². The fraction of sp³-hybridized carbons (Fsp3) is 0.667. The van der Waals surface area contributed by atoms with Crippen LogP contribution >= 0.6 is 11.8 Å². The van der Waals surface area contributed by atoms with Gasteiger partial charge in [-0.25, -0.2) is 4.79 Å². The minimum absolute atomic E-state index is 0.0545. The van der Waals surface area contributed by atoms with E-state index in [9.17, 15) is 9.59 Å². The molecule has 0 aromatic carbocycles. The number of thioether (sulfide) groups is 1. The van der Waals surface area contributed by atoms with E-state index in [1.165, 1.54) is 0 Å².